The molecule has 8 heteroatoms. The summed E-state index contributed by atoms with van der Waals surface area (Å²) in [6.45, 7) is 2.98. The zero-order valence-corrected chi connectivity index (χ0v) is 21.9. The summed E-state index contributed by atoms with van der Waals surface area (Å²) in [6, 6.07) is 15.4. The molecule has 0 bridgehead atoms. The summed E-state index contributed by atoms with van der Waals surface area (Å²) in [4.78, 5) is 16.7. The van der Waals surface area contributed by atoms with Crippen molar-refractivity contribution in [3.63, 3.8) is 0 Å². The SMILES string of the molecule is CN(CCCn1ccc2cc(CNC[C@H](O)c3ccc(O)c4[nH]c(=O)ccc34)ccc21)C1CCC(O)CC1. The van der Waals surface area contributed by atoms with Crippen LogP contribution in [0.25, 0.3) is 21.8 Å². The fraction of sp³-hybridized carbons (Fsp3) is 0.433. The van der Waals surface area contributed by atoms with E-state index in [1.165, 1.54) is 23.0 Å². The molecule has 38 heavy (non-hydrogen) atoms. The molecule has 0 saturated heterocycles. The van der Waals surface area contributed by atoms with Crippen molar-refractivity contribution in [1.82, 2.24) is 19.8 Å². The van der Waals surface area contributed by atoms with E-state index < -0.39 is 6.10 Å². The Kier molecular flexibility index (Phi) is 8.14. The number of aromatic amines is 1. The summed E-state index contributed by atoms with van der Waals surface area (Å²) in [5.74, 6) is -0.0150. The normalized spacial score (nSPS) is 18.9. The van der Waals surface area contributed by atoms with Gasteiger partial charge in [-0.15, -0.1) is 0 Å². The number of nitrogens with zero attached hydrogens (tertiary/aromatic N) is 2. The Morgan fingerprint density at radius 2 is 1.92 bits per heavy atom. The average molecular weight is 519 g/mol. The van der Waals surface area contributed by atoms with Crippen molar-refractivity contribution >= 4 is 21.8 Å². The highest BCUT2D eigenvalue weighted by molar-refractivity contribution is 5.87. The molecule has 202 valence electrons. The minimum absolute atomic E-state index is 0.0150. The van der Waals surface area contributed by atoms with Crippen molar-refractivity contribution in [3.05, 3.63) is 76.2 Å². The van der Waals surface area contributed by atoms with E-state index in [2.05, 4.69) is 57.3 Å². The van der Waals surface area contributed by atoms with Crippen LogP contribution in [0.4, 0.5) is 0 Å². The van der Waals surface area contributed by atoms with Crippen molar-refractivity contribution in [2.45, 2.75) is 63.4 Å². The number of pyridine rings is 1. The molecule has 1 atom stereocenters. The second kappa shape index (κ2) is 11.7. The highest BCUT2D eigenvalue weighted by Crippen LogP contribution is 2.28. The van der Waals surface area contributed by atoms with Crippen LogP contribution >= 0.6 is 0 Å². The molecule has 5 N–H and O–H groups in total. The lowest BCUT2D eigenvalue weighted by atomic mass is 9.92. The number of aliphatic hydroxyl groups excluding tert-OH is 2. The van der Waals surface area contributed by atoms with Crippen LogP contribution in [0.3, 0.4) is 0 Å². The molecule has 1 fully saturated rings. The summed E-state index contributed by atoms with van der Waals surface area (Å²) in [5, 5.41) is 35.8. The van der Waals surface area contributed by atoms with Crippen molar-refractivity contribution in [2.24, 2.45) is 0 Å². The molecule has 0 amide bonds. The van der Waals surface area contributed by atoms with Gasteiger partial charge in [-0.1, -0.05) is 12.1 Å². The van der Waals surface area contributed by atoms with Crippen LogP contribution in [0.15, 0.2) is 59.5 Å². The van der Waals surface area contributed by atoms with E-state index >= 15 is 0 Å². The molecule has 1 aliphatic carbocycles. The van der Waals surface area contributed by atoms with E-state index in [1.54, 1.807) is 12.1 Å². The van der Waals surface area contributed by atoms with Crippen molar-refractivity contribution in [1.29, 1.82) is 0 Å². The lowest BCUT2D eigenvalue weighted by molar-refractivity contribution is 0.0835. The van der Waals surface area contributed by atoms with E-state index in [0.717, 1.165) is 50.8 Å². The molecular weight excluding hydrogens is 480 g/mol. The lowest BCUT2D eigenvalue weighted by Gasteiger charge is -2.33. The monoisotopic (exact) mass is 518 g/mol. The van der Waals surface area contributed by atoms with Gasteiger partial charge in [0.1, 0.15) is 5.75 Å². The number of benzene rings is 2. The first-order valence-corrected chi connectivity index (χ1v) is 13.6. The minimum Gasteiger partial charge on any atom is -0.506 e. The third-order valence-electron chi connectivity index (χ3n) is 7.97. The summed E-state index contributed by atoms with van der Waals surface area (Å²) in [6.07, 6.45) is 6.36. The van der Waals surface area contributed by atoms with Gasteiger partial charge in [0.15, 0.2) is 0 Å². The van der Waals surface area contributed by atoms with Gasteiger partial charge in [-0.3, -0.25) is 4.79 Å². The highest BCUT2D eigenvalue weighted by atomic mass is 16.3. The number of aliphatic hydroxyl groups is 2. The standard InChI is InChI=1S/C30H38N4O4/c1-33(22-4-6-23(35)7-5-22)14-2-15-34-16-13-21-17-20(3-10-26(21)34)18-31-19-28(37)24-8-11-27(36)30-25(24)9-12-29(38)32-30/h3,8-13,16-17,22-23,28,31,35-37H,2,4-7,14-15,18-19H2,1H3,(H,32,38)/t22?,23?,28-/m0/s1. The number of rotatable bonds is 10. The first-order chi connectivity index (χ1) is 18.4. The van der Waals surface area contributed by atoms with Gasteiger partial charge in [-0.05, 0) is 92.5 Å². The quantitative estimate of drug-likeness (QED) is 0.219. The highest BCUT2D eigenvalue weighted by Gasteiger charge is 2.22. The Hall–Kier alpha value is -3.17. The van der Waals surface area contributed by atoms with Gasteiger partial charge >= 0.3 is 0 Å². The molecule has 2 aromatic carbocycles. The van der Waals surface area contributed by atoms with E-state index in [0.29, 0.717) is 35.6 Å². The molecule has 0 aliphatic heterocycles. The smallest absolute Gasteiger partial charge is 0.248 e. The number of fused-ring (bicyclic) bond motifs is 2. The van der Waals surface area contributed by atoms with Crippen LogP contribution in [-0.4, -0.2) is 62.1 Å². The van der Waals surface area contributed by atoms with Gasteiger partial charge in [-0.2, -0.15) is 0 Å². The molecule has 4 aromatic rings. The molecule has 0 radical (unpaired) electrons. The fourth-order valence-corrected chi connectivity index (χ4v) is 5.74. The fourth-order valence-electron chi connectivity index (χ4n) is 5.74. The number of hydrogen-bond donors (Lipinski definition) is 5. The largest absolute Gasteiger partial charge is 0.506 e. The van der Waals surface area contributed by atoms with Gasteiger partial charge in [0.2, 0.25) is 5.56 Å². The number of phenolic OH excluding ortho intramolecular Hbond substituents is 1. The van der Waals surface area contributed by atoms with Crippen LogP contribution in [0.1, 0.15) is 49.3 Å². The third kappa shape index (κ3) is 5.94. The van der Waals surface area contributed by atoms with Gasteiger partial charge in [-0.25, -0.2) is 0 Å². The predicted octanol–water partition coefficient (Wildman–Crippen LogP) is 3.64. The van der Waals surface area contributed by atoms with E-state index in [-0.39, 0.29) is 17.4 Å². The first kappa shape index (κ1) is 26.4. The topological polar surface area (TPSA) is 114 Å². The number of aryl methyl sites for hydroxylation is 1. The van der Waals surface area contributed by atoms with Crippen molar-refractivity contribution in [3.8, 4) is 5.75 Å². The lowest BCUT2D eigenvalue weighted by Crippen LogP contribution is -2.37. The Balaban J connectivity index is 1.14. The summed E-state index contributed by atoms with van der Waals surface area (Å²) >= 11 is 0. The van der Waals surface area contributed by atoms with Crippen molar-refractivity contribution in [2.75, 3.05) is 20.1 Å². The van der Waals surface area contributed by atoms with E-state index in [4.69, 9.17) is 0 Å². The van der Waals surface area contributed by atoms with E-state index in [1.807, 2.05) is 0 Å². The number of aromatic nitrogens is 2. The number of hydrogen-bond acceptors (Lipinski definition) is 6. The Bertz CT molecular complexity index is 1440. The number of aromatic hydroxyl groups is 1. The number of phenols is 1. The van der Waals surface area contributed by atoms with Crippen LogP contribution < -0.4 is 10.9 Å². The van der Waals surface area contributed by atoms with Crippen LogP contribution in [0.5, 0.6) is 5.75 Å². The first-order valence-electron chi connectivity index (χ1n) is 13.6. The average Bonchev–Trinajstić information content (AvgIpc) is 3.31. The molecular formula is C30H38N4O4. The van der Waals surface area contributed by atoms with Crippen LogP contribution in [0, 0.1) is 0 Å². The van der Waals surface area contributed by atoms with Gasteiger partial charge < -0.3 is 35.1 Å². The molecule has 2 heterocycles. The van der Waals surface area contributed by atoms with Gasteiger partial charge in [0.25, 0.3) is 0 Å². The third-order valence-corrected chi connectivity index (χ3v) is 7.97. The zero-order chi connectivity index (χ0) is 26.6. The summed E-state index contributed by atoms with van der Waals surface area (Å²) < 4.78 is 2.31. The Labute approximate surface area is 222 Å². The Morgan fingerprint density at radius 1 is 1.11 bits per heavy atom. The second-order valence-electron chi connectivity index (χ2n) is 10.6. The van der Waals surface area contributed by atoms with Gasteiger partial charge in [0, 0.05) is 48.8 Å². The zero-order valence-electron chi connectivity index (χ0n) is 21.9. The summed E-state index contributed by atoms with van der Waals surface area (Å²) in [7, 11) is 2.21. The van der Waals surface area contributed by atoms with E-state index in [9.17, 15) is 20.1 Å². The number of H-pyrrole nitrogens is 1. The molecule has 1 aliphatic rings. The predicted molar refractivity (Wildman–Crippen MR) is 150 cm³/mol. The van der Waals surface area contributed by atoms with Crippen molar-refractivity contribution < 1.29 is 15.3 Å². The minimum atomic E-state index is -0.786. The van der Waals surface area contributed by atoms with Gasteiger partial charge in [0.05, 0.1) is 17.7 Å². The maximum absolute atomic E-state index is 11.6. The number of nitrogens with one attached hydrogen (secondary N) is 2. The summed E-state index contributed by atoms with van der Waals surface area (Å²) in [5.41, 5.74) is 3.06. The molecule has 8 nitrogen and oxygen atoms in total. The van der Waals surface area contributed by atoms with Crippen LogP contribution in [-0.2, 0) is 13.1 Å². The molecule has 2 aromatic heterocycles. The maximum atomic E-state index is 11.6. The molecule has 0 unspecified atom stereocenters. The molecule has 0 spiro atoms. The molecule has 5 rings (SSSR count). The van der Waals surface area contributed by atoms with Crippen LogP contribution in [0.2, 0.25) is 0 Å². The Morgan fingerprint density at radius 3 is 2.74 bits per heavy atom. The second-order valence-corrected chi connectivity index (χ2v) is 10.6. The molecule has 1 saturated carbocycles. The maximum Gasteiger partial charge on any atom is 0.248 e.